The number of aromatic hydroxyl groups is 1. The third-order valence-electron chi connectivity index (χ3n) is 5.21. The maximum atomic E-state index is 13.0. The molecule has 136 valence electrons. The second kappa shape index (κ2) is 5.62. The molecule has 6 heteroatoms. The van der Waals surface area contributed by atoms with Crippen LogP contribution in [-0.2, 0) is 4.79 Å². The molecule has 1 aromatic heterocycles. The van der Waals surface area contributed by atoms with Crippen LogP contribution in [0.3, 0.4) is 0 Å². The largest absolute Gasteiger partial charge is 0.504 e. The normalized spacial score (nSPS) is 21.1. The molecule has 0 bridgehead atoms. The molecule has 1 aliphatic heterocycles. The summed E-state index contributed by atoms with van der Waals surface area (Å²) in [5.74, 6) is 0.829. The number of rotatable bonds is 2. The molecule has 6 nitrogen and oxygen atoms in total. The molecule has 0 amide bonds. The number of carbonyl (C=O) groups excluding carboxylic acids is 1. The van der Waals surface area contributed by atoms with Gasteiger partial charge in [0.1, 0.15) is 0 Å². The van der Waals surface area contributed by atoms with Gasteiger partial charge in [-0.1, -0.05) is 25.1 Å². The average Bonchev–Trinajstić information content (AvgIpc) is 2.92. The van der Waals surface area contributed by atoms with Crippen LogP contribution in [0.25, 0.3) is 0 Å². The van der Waals surface area contributed by atoms with Crippen molar-refractivity contribution in [1.82, 2.24) is 5.16 Å². The number of fused-ring (bicyclic) bond motifs is 1. The first-order valence-electron chi connectivity index (χ1n) is 8.67. The van der Waals surface area contributed by atoms with E-state index >= 15 is 0 Å². The number of ether oxygens (including phenoxy) is 1. The van der Waals surface area contributed by atoms with Crippen molar-refractivity contribution < 1.29 is 19.2 Å². The predicted octanol–water partition coefficient (Wildman–Crippen LogP) is 3.90. The molecular formula is C20H22N2O4. The molecule has 2 aromatic rings. The number of methoxy groups -OCH3 is 1. The molecule has 0 radical (unpaired) electrons. The van der Waals surface area contributed by atoms with Gasteiger partial charge in [0.05, 0.1) is 18.4 Å². The Labute approximate surface area is 151 Å². The van der Waals surface area contributed by atoms with Crippen LogP contribution in [0.15, 0.2) is 34.0 Å². The SMILES string of the molecule is COc1ccc([C@H]2C3=C(CC(C)(C)CC3=O)Nc3onc(C)c32)cc1O. The summed E-state index contributed by atoms with van der Waals surface area (Å²) in [7, 11) is 1.51. The summed E-state index contributed by atoms with van der Waals surface area (Å²) in [6, 6.07) is 5.25. The summed E-state index contributed by atoms with van der Waals surface area (Å²) in [6.45, 7) is 6.04. The fraction of sp³-hybridized carbons (Fsp3) is 0.400. The number of aromatic nitrogens is 1. The molecule has 26 heavy (non-hydrogen) atoms. The number of allylic oxidation sites excluding steroid dienone is 2. The van der Waals surface area contributed by atoms with Crippen molar-refractivity contribution >= 4 is 11.7 Å². The number of hydrogen-bond donors (Lipinski definition) is 2. The number of phenols is 1. The van der Waals surface area contributed by atoms with E-state index in [0.29, 0.717) is 18.1 Å². The Kier molecular flexibility index (Phi) is 3.61. The van der Waals surface area contributed by atoms with Gasteiger partial charge in [0, 0.05) is 23.6 Å². The minimum absolute atomic E-state index is 0.0462. The lowest BCUT2D eigenvalue weighted by Crippen LogP contribution is -2.33. The number of Topliss-reactive ketones (excluding diaryl/α,β-unsaturated/α-hetero) is 1. The summed E-state index contributed by atoms with van der Waals surface area (Å²) in [4.78, 5) is 13.0. The highest BCUT2D eigenvalue weighted by atomic mass is 16.5. The molecule has 0 saturated carbocycles. The van der Waals surface area contributed by atoms with Gasteiger partial charge in [-0.05, 0) is 36.5 Å². The summed E-state index contributed by atoms with van der Waals surface area (Å²) in [5, 5.41) is 17.6. The second-order valence-corrected chi connectivity index (χ2v) is 7.83. The number of carbonyl (C=O) groups is 1. The zero-order chi connectivity index (χ0) is 18.6. The van der Waals surface area contributed by atoms with Crippen molar-refractivity contribution in [2.45, 2.75) is 39.5 Å². The summed E-state index contributed by atoms with van der Waals surface area (Å²) in [5.41, 5.74) is 3.92. The molecule has 0 fully saturated rings. The Morgan fingerprint density at radius 2 is 2.12 bits per heavy atom. The van der Waals surface area contributed by atoms with Crippen molar-refractivity contribution in [3.63, 3.8) is 0 Å². The molecule has 1 aliphatic carbocycles. The lowest BCUT2D eigenvalue weighted by molar-refractivity contribution is -0.118. The Bertz CT molecular complexity index is 939. The van der Waals surface area contributed by atoms with Crippen molar-refractivity contribution in [2.75, 3.05) is 12.4 Å². The molecule has 1 aromatic carbocycles. The van der Waals surface area contributed by atoms with E-state index in [4.69, 9.17) is 9.26 Å². The van der Waals surface area contributed by atoms with Gasteiger partial charge in [-0.3, -0.25) is 4.79 Å². The Hall–Kier alpha value is -2.76. The number of aryl methyl sites for hydroxylation is 1. The summed E-state index contributed by atoms with van der Waals surface area (Å²) < 4.78 is 10.6. The summed E-state index contributed by atoms with van der Waals surface area (Å²) in [6.07, 6.45) is 1.25. The third-order valence-corrected chi connectivity index (χ3v) is 5.21. The van der Waals surface area contributed by atoms with Crippen LogP contribution < -0.4 is 10.1 Å². The van der Waals surface area contributed by atoms with E-state index in [2.05, 4.69) is 24.3 Å². The number of nitrogens with zero attached hydrogens (tertiary/aromatic N) is 1. The molecule has 0 spiro atoms. The Morgan fingerprint density at radius 3 is 2.81 bits per heavy atom. The molecule has 1 atom stereocenters. The molecule has 0 unspecified atom stereocenters. The highest BCUT2D eigenvalue weighted by Gasteiger charge is 2.43. The maximum absolute atomic E-state index is 13.0. The standard InChI is InChI=1S/C20H22N2O4/c1-10-16-17(11-5-6-15(25-4)13(23)7-11)18-12(21-19(16)26-22-10)8-20(2,3)9-14(18)24/h5-7,17,21,23H,8-9H2,1-4H3/t17-/m1/s1. The number of hydrogen-bond acceptors (Lipinski definition) is 6. The quantitative estimate of drug-likeness (QED) is 0.851. The molecule has 4 rings (SSSR count). The Morgan fingerprint density at radius 1 is 1.35 bits per heavy atom. The first kappa shape index (κ1) is 16.7. The topological polar surface area (TPSA) is 84.6 Å². The average molecular weight is 354 g/mol. The number of phenolic OH excluding ortho intramolecular Hbond substituents is 1. The number of benzene rings is 1. The molecular weight excluding hydrogens is 332 g/mol. The minimum atomic E-state index is -0.312. The van der Waals surface area contributed by atoms with Crippen LogP contribution in [-0.4, -0.2) is 23.2 Å². The zero-order valence-electron chi connectivity index (χ0n) is 15.3. The van der Waals surface area contributed by atoms with E-state index in [1.165, 1.54) is 7.11 Å². The van der Waals surface area contributed by atoms with Crippen LogP contribution in [0, 0.1) is 12.3 Å². The van der Waals surface area contributed by atoms with E-state index in [1.807, 2.05) is 13.0 Å². The fourth-order valence-electron chi connectivity index (χ4n) is 4.09. The van der Waals surface area contributed by atoms with Gasteiger partial charge in [-0.15, -0.1) is 0 Å². The molecule has 2 heterocycles. The number of ketones is 1. The predicted molar refractivity (Wildman–Crippen MR) is 96.4 cm³/mol. The summed E-state index contributed by atoms with van der Waals surface area (Å²) >= 11 is 0. The maximum Gasteiger partial charge on any atom is 0.233 e. The second-order valence-electron chi connectivity index (χ2n) is 7.83. The van der Waals surface area contributed by atoms with Crippen LogP contribution >= 0.6 is 0 Å². The smallest absolute Gasteiger partial charge is 0.233 e. The molecule has 2 N–H and O–H groups in total. The highest BCUT2D eigenvalue weighted by molar-refractivity contribution is 6.01. The first-order chi connectivity index (χ1) is 12.3. The van der Waals surface area contributed by atoms with Gasteiger partial charge >= 0.3 is 0 Å². The van der Waals surface area contributed by atoms with Crippen LogP contribution in [0.1, 0.15) is 49.4 Å². The van der Waals surface area contributed by atoms with Crippen LogP contribution in [0.2, 0.25) is 0 Å². The van der Waals surface area contributed by atoms with Gasteiger partial charge in [-0.25, -0.2) is 0 Å². The van der Waals surface area contributed by atoms with Crippen molar-refractivity contribution in [1.29, 1.82) is 0 Å². The van der Waals surface area contributed by atoms with Crippen molar-refractivity contribution in [3.05, 3.63) is 46.3 Å². The van der Waals surface area contributed by atoms with Gasteiger partial charge in [0.15, 0.2) is 17.3 Å². The fourth-order valence-corrected chi connectivity index (χ4v) is 4.09. The Balaban J connectivity index is 1.92. The van der Waals surface area contributed by atoms with Gasteiger partial charge < -0.3 is 19.7 Å². The van der Waals surface area contributed by atoms with Gasteiger partial charge in [0.25, 0.3) is 0 Å². The van der Waals surface area contributed by atoms with E-state index in [1.54, 1.807) is 12.1 Å². The van der Waals surface area contributed by atoms with Crippen LogP contribution in [0.5, 0.6) is 11.5 Å². The molecule has 2 aliphatic rings. The minimum Gasteiger partial charge on any atom is -0.504 e. The van der Waals surface area contributed by atoms with E-state index < -0.39 is 0 Å². The van der Waals surface area contributed by atoms with Gasteiger partial charge in [0.2, 0.25) is 5.88 Å². The third kappa shape index (κ3) is 2.48. The van der Waals surface area contributed by atoms with E-state index in [9.17, 15) is 9.90 Å². The highest BCUT2D eigenvalue weighted by Crippen LogP contribution is 2.50. The van der Waals surface area contributed by atoms with Gasteiger partial charge in [-0.2, -0.15) is 0 Å². The molecule has 0 saturated heterocycles. The number of nitrogens with one attached hydrogen (secondary N) is 1. The van der Waals surface area contributed by atoms with E-state index in [0.717, 1.165) is 34.5 Å². The van der Waals surface area contributed by atoms with E-state index in [-0.39, 0.29) is 22.9 Å². The van der Waals surface area contributed by atoms with Crippen LogP contribution in [0.4, 0.5) is 5.88 Å². The lowest BCUT2D eigenvalue weighted by Gasteiger charge is -2.37. The lowest BCUT2D eigenvalue weighted by atomic mass is 9.69. The van der Waals surface area contributed by atoms with Crippen molar-refractivity contribution in [2.24, 2.45) is 5.41 Å². The van der Waals surface area contributed by atoms with Crippen molar-refractivity contribution in [3.8, 4) is 11.5 Å². The monoisotopic (exact) mass is 354 g/mol. The zero-order valence-corrected chi connectivity index (χ0v) is 15.3. The first-order valence-corrected chi connectivity index (χ1v) is 8.67. The number of anilines is 1.